The number of nitrogens with one attached hydrogen (secondary N) is 2. The summed E-state index contributed by atoms with van der Waals surface area (Å²) in [5.41, 5.74) is 8.82. The van der Waals surface area contributed by atoms with Crippen molar-refractivity contribution in [1.82, 2.24) is 5.43 Å². The van der Waals surface area contributed by atoms with E-state index in [0.717, 1.165) is 0 Å². The predicted octanol–water partition coefficient (Wildman–Crippen LogP) is 2.34. The Morgan fingerprint density at radius 1 is 1.26 bits per heavy atom. The summed E-state index contributed by atoms with van der Waals surface area (Å²) in [4.78, 5) is 11.0. The van der Waals surface area contributed by atoms with E-state index in [1.807, 2.05) is 0 Å². The molecular formula is C16H15BrN4O4S2. The van der Waals surface area contributed by atoms with Crippen LogP contribution in [0.3, 0.4) is 0 Å². The number of nitrogens with zero attached hydrogens (tertiary/aromatic N) is 1. The van der Waals surface area contributed by atoms with Gasteiger partial charge < -0.3 is 15.2 Å². The Morgan fingerprint density at radius 3 is 2.48 bits per heavy atom. The van der Waals surface area contributed by atoms with Gasteiger partial charge in [-0.2, -0.15) is 13.5 Å². The number of anilines is 1. The van der Waals surface area contributed by atoms with Gasteiger partial charge in [0.05, 0.1) is 10.7 Å². The minimum Gasteiger partial charge on any atom is -0.378 e. The maximum absolute atomic E-state index is 12.4. The molecule has 0 spiro atoms. The van der Waals surface area contributed by atoms with Crippen LogP contribution in [0.4, 0.5) is 5.69 Å². The van der Waals surface area contributed by atoms with E-state index in [9.17, 15) is 13.2 Å². The van der Waals surface area contributed by atoms with Gasteiger partial charge in [-0.05, 0) is 76.2 Å². The van der Waals surface area contributed by atoms with E-state index in [0.29, 0.717) is 15.7 Å². The molecule has 0 aromatic heterocycles. The molecule has 0 bridgehead atoms. The van der Waals surface area contributed by atoms with Crippen molar-refractivity contribution >= 4 is 61.2 Å². The van der Waals surface area contributed by atoms with E-state index in [1.165, 1.54) is 43.5 Å². The fraction of sp³-hybridized carbons (Fsp3) is 0.0625. The largest absolute Gasteiger partial charge is 0.378 e. The van der Waals surface area contributed by atoms with Gasteiger partial charge in [-0.15, -0.1) is 0 Å². The average molecular weight is 471 g/mol. The summed E-state index contributed by atoms with van der Waals surface area (Å²) in [6, 6.07) is 10.3. The SMILES string of the molecule is CC(=O)Nc1ccc(S(=O)(=O)Oc2ccc(/C=N\NC(N)=S)cc2Br)cc1. The van der Waals surface area contributed by atoms with Crippen LogP contribution in [0.25, 0.3) is 0 Å². The molecule has 0 aliphatic heterocycles. The van der Waals surface area contributed by atoms with E-state index >= 15 is 0 Å². The predicted molar refractivity (Wildman–Crippen MR) is 110 cm³/mol. The van der Waals surface area contributed by atoms with E-state index in [-0.39, 0.29) is 21.7 Å². The standard InChI is InChI=1S/C16H15BrN4O4S2/c1-10(22)20-12-3-5-13(6-4-12)27(23,24)25-15-7-2-11(8-14(15)17)9-19-21-16(18)26/h2-9H,1H3,(H,20,22)(H3,18,21,26)/b19-9-. The summed E-state index contributed by atoms with van der Waals surface area (Å²) in [6.07, 6.45) is 1.46. The Hall–Kier alpha value is -2.50. The lowest BCUT2D eigenvalue weighted by molar-refractivity contribution is -0.114. The summed E-state index contributed by atoms with van der Waals surface area (Å²) in [7, 11) is -4.04. The number of thiocarbonyl (C=S) groups is 1. The summed E-state index contributed by atoms with van der Waals surface area (Å²) in [5, 5.41) is 6.40. The van der Waals surface area contributed by atoms with E-state index in [4.69, 9.17) is 9.92 Å². The molecule has 8 nitrogen and oxygen atoms in total. The second kappa shape index (κ2) is 8.93. The van der Waals surface area contributed by atoms with E-state index < -0.39 is 10.1 Å². The number of hydrazone groups is 1. The molecule has 0 unspecified atom stereocenters. The molecule has 2 rings (SSSR count). The number of halogens is 1. The second-order valence-electron chi connectivity index (χ2n) is 5.17. The Balaban J connectivity index is 2.16. The molecule has 1 amide bonds. The van der Waals surface area contributed by atoms with Gasteiger partial charge in [-0.3, -0.25) is 10.2 Å². The smallest absolute Gasteiger partial charge is 0.339 e. The molecule has 0 heterocycles. The fourth-order valence-corrected chi connectivity index (χ4v) is 3.49. The van der Waals surface area contributed by atoms with Crippen molar-refractivity contribution in [3.05, 3.63) is 52.5 Å². The minimum absolute atomic E-state index is 0.0286. The van der Waals surface area contributed by atoms with Crippen LogP contribution in [0.1, 0.15) is 12.5 Å². The summed E-state index contributed by atoms with van der Waals surface area (Å²) in [5.74, 6) is -0.140. The number of benzene rings is 2. The van der Waals surface area contributed by atoms with Crippen LogP contribution in [0, 0.1) is 0 Å². The monoisotopic (exact) mass is 470 g/mol. The first-order valence-corrected chi connectivity index (χ1v) is 9.98. The third-order valence-electron chi connectivity index (χ3n) is 3.01. The number of amides is 1. The topological polar surface area (TPSA) is 123 Å². The van der Waals surface area contributed by atoms with Crippen molar-refractivity contribution in [2.45, 2.75) is 11.8 Å². The van der Waals surface area contributed by atoms with Gasteiger partial charge in [0.15, 0.2) is 10.9 Å². The average Bonchev–Trinajstić information content (AvgIpc) is 2.57. The molecule has 4 N–H and O–H groups in total. The van der Waals surface area contributed by atoms with Crippen molar-refractivity contribution in [2.24, 2.45) is 10.8 Å². The maximum atomic E-state index is 12.4. The summed E-state index contributed by atoms with van der Waals surface area (Å²) in [6.45, 7) is 1.36. The third-order valence-corrected chi connectivity index (χ3v) is 4.97. The molecule has 142 valence electrons. The van der Waals surface area contributed by atoms with Crippen molar-refractivity contribution in [2.75, 3.05) is 5.32 Å². The molecule has 0 radical (unpaired) electrons. The quantitative estimate of drug-likeness (QED) is 0.256. The highest BCUT2D eigenvalue weighted by Crippen LogP contribution is 2.29. The third kappa shape index (κ3) is 6.31. The Morgan fingerprint density at radius 2 is 1.93 bits per heavy atom. The Labute approximate surface area is 170 Å². The summed E-state index contributed by atoms with van der Waals surface area (Å²) < 4.78 is 30.4. The molecule has 11 heteroatoms. The van der Waals surface area contributed by atoms with Gasteiger partial charge in [-0.1, -0.05) is 0 Å². The van der Waals surface area contributed by atoms with Crippen LogP contribution >= 0.6 is 28.1 Å². The van der Waals surface area contributed by atoms with Crippen molar-refractivity contribution in [3.63, 3.8) is 0 Å². The van der Waals surface area contributed by atoms with Gasteiger partial charge in [0.1, 0.15) is 4.90 Å². The molecule has 2 aromatic rings. The summed E-state index contributed by atoms with van der Waals surface area (Å²) >= 11 is 7.89. The number of hydrogen-bond acceptors (Lipinski definition) is 6. The van der Waals surface area contributed by atoms with Gasteiger partial charge >= 0.3 is 10.1 Å². The highest BCUT2D eigenvalue weighted by Gasteiger charge is 2.18. The van der Waals surface area contributed by atoms with Crippen LogP contribution in [0.15, 0.2) is 56.9 Å². The molecule has 0 aliphatic rings. The second-order valence-corrected chi connectivity index (χ2v) is 8.01. The molecule has 0 saturated carbocycles. The first kappa shape index (κ1) is 20.8. The van der Waals surface area contributed by atoms with Crippen LogP contribution in [-0.4, -0.2) is 25.7 Å². The fourth-order valence-electron chi connectivity index (χ4n) is 1.91. The lowest BCUT2D eigenvalue weighted by Gasteiger charge is -2.10. The first-order valence-electron chi connectivity index (χ1n) is 7.37. The van der Waals surface area contributed by atoms with Gasteiger partial charge in [-0.25, -0.2) is 0 Å². The number of rotatable bonds is 6. The zero-order valence-electron chi connectivity index (χ0n) is 14.0. The zero-order valence-corrected chi connectivity index (χ0v) is 17.2. The molecule has 0 atom stereocenters. The molecule has 2 aromatic carbocycles. The molecule has 0 aliphatic carbocycles. The Kier molecular flexibility index (Phi) is 6.88. The zero-order chi connectivity index (χ0) is 20.0. The molecule has 27 heavy (non-hydrogen) atoms. The van der Waals surface area contributed by atoms with E-state index in [2.05, 4.69) is 44.0 Å². The van der Waals surface area contributed by atoms with Crippen LogP contribution < -0.4 is 20.7 Å². The van der Waals surface area contributed by atoms with Crippen molar-refractivity contribution < 1.29 is 17.4 Å². The van der Waals surface area contributed by atoms with Gasteiger partial charge in [0, 0.05) is 12.6 Å². The molecule has 0 fully saturated rings. The highest BCUT2D eigenvalue weighted by molar-refractivity contribution is 9.10. The van der Waals surface area contributed by atoms with Crippen molar-refractivity contribution in [3.8, 4) is 5.75 Å². The Bertz CT molecular complexity index is 992. The first-order chi connectivity index (χ1) is 12.7. The molecular weight excluding hydrogens is 456 g/mol. The normalized spacial score (nSPS) is 11.2. The molecule has 0 saturated heterocycles. The lowest BCUT2D eigenvalue weighted by Crippen LogP contribution is -2.23. The minimum atomic E-state index is -4.04. The van der Waals surface area contributed by atoms with Crippen LogP contribution in [-0.2, 0) is 14.9 Å². The highest BCUT2D eigenvalue weighted by atomic mass is 79.9. The van der Waals surface area contributed by atoms with E-state index in [1.54, 1.807) is 12.1 Å². The van der Waals surface area contributed by atoms with Gasteiger partial charge in [0.2, 0.25) is 5.91 Å². The number of carbonyl (C=O) groups is 1. The van der Waals surface area contributed by atoms with Crippen LogP contribution in [0.5, 0.6) is 5.75 Å². The number of carbonyl (C=O) groups excluding carboxylic acids is 1. The van der Waals surface area contributed by atoms with Crippen molar-refractivity contribution in [1.29, 1.82) is 0 Å². The van der Waals surface area contributed by atoms with Crippen LogP contribution in [0.2, 0.25) is 0 Å². The lowest BCUT2D eigenvalue weighted by atomic mass is 10.2. The van der Waals surface area contributed by atoms with Gasteiger partial charge in [0.25, 0.3) is 0 Å². The number of nitrogens with two attached hydrogens (primary N) is 1. The number of hydrogen-bond donors (Lipinski definition) is 3. The maximum Gasteiger partial charge on any atom is 0.339 e.